The standard InChI is InChI=1S/C22H24N2O4S/c1-13(2)12-28-19-17-11-16(9-10-18(17)29-20(19)21(25)27-4)24-22(26)23-15-7-5-14(3)6-8-15/h5-11,13H,12H2,1-4H3,(H2,23,24,26). The van der Waals surface area contributed by atoms with Crippen molar-refractivity contribution >= 4 is 44.8 Å². The van der Waals surface area contributed by atoms with E-state index in [0.717, 1.165) is 15.6 Å². The molecule has 0 saturated carbocycles. The van der Waals surface area contributed by atoms with E-state index in [1.54, 1.807) is 6.07 Å². The highest BCUT2D eigenvalue weighted by Gasteiger charge is 2.21. The Morgan fingerprint density at radius 2 is 1.69 bits per heavy atom. The molecule has 3 rings (SSSR count). The molecule has 2 N–H and O–H groups in total. The third kappa shape index (κ3) is 5.06. The van der Waals surface area contributed by atoms with Gasteiger partial charge in [-0.05, 0) is 43.2 Å². The van der Waals surface area contributed by atoms with E-state index in [1.165, 1.54) is 18.4 Å². The number of esters is 1. The number of nitrogens with one attached hydrogen (secondary N) is 2. The van der Waals surface area contributed by atoms with Gasteiger partial charge in [-0.2, -0.15) is 0 Å². The van der Waals surface area contributed by atoms with Gasteiger partial charge in [0.25, 0.3) is 0 Å². The number of benzene rings is 2. The molecule has 6 nitrogen and oxygen atoms in total. The summed E-state index contributed by atoms with van der Waals surface area (Å²) in [6.07, 6.45) is 0. The molecule has 29 heavy (non-hydrogen) atoms. The molecule has 2 amide bonds. The molecule has 7 heteroatoms. The van der Waals surface area contributed by atoms with Crippen molar-refractivity contribution in [3.63, 3.8) is 0 Å². The summed E-state index contributed by atoms with van der Waals surface area (Å²) in [7, 11) is 1.35. The summed E-state index contributed by atoms with van der Waals surface area (Å²) in [4.78, 5) is 24.9. The van der Waals surface area contributed by atoms with Crippen LogP contribution in [-0.2, 0) is 4.74 Å². The molecular weight excluding hydrogens is 388 g/mol. The molecule has 0 spiro atoms. The number of anilines is 2. The highest BCUT2D eigenvalue weighted by Crippen LogP contribution is 2.40. The summed E-state index contributed by atoms with van der Waals surface area (Å²) in [6.45, 7) is 6.53. The Bertz CT molecular complexity index is 1030. The monoisotopic (exact) mass is 412 g/mol. The number of carbonyl (C=O) groups excluding carboxylic acids is 2. The molecular formula is C22H24N2O4S. The third-order valence-corrected chi connectivity index (χ3v) is 5.27. The minimum absolute atomic E-state index is 0.303. The van der Waals surface area contributed by atoms with E-state index in [-0.39, 0.29) is 6.03 Å². The normalized spacial score (nSPS) is 10.8. The number of hydrogen-bond donors (Lipinski definition) is 2. The maximum Gasteiger partial charge on any atom is 0.351 e. The lowest BCUT2D eigenvalue weighted by Crippen LogP contribution is -2.19. The molecule has 1 aromatic heterocycles. The molecule has 0 radical (unpaired) electrons. The number of urea groups is 1. The average Bonchev–Trinajstić information content (AvgIpc) is 3.05. The van der Waals surface area contributed by atoms with E-state index >= 15 is 0 Å². The fourth-order valence-corrected chi connectivity index (χ4v) is 3.75. The SMILES string of the molecule is COC(=O)c1sc2ccc(NC(=O)Nc3ccc(C)cc3)cc2c1OCC(C)C. The van der Waals surface area contributed by atoms with Crippen LogP contribution >= 0.6 is 11.3 Å². The number of fused-ring (bicyclic) bond motifs is 1. The summed E-state index contributed by atoms with van der Waals surface area (Å²) < 4.78 is 11.7. The molecule has 0 bridgehead atoms. The minimum atomic E-state index is -0.434. The van der Waals surface area contributed by atoms with Crippen LogP contribution in [0.3, 0.4) is 0 Å². The van der Waals surface area contributed by atoms with Gasteiger partial charge in [-0.3, -0.25) is 0 Å². The number of rotatable bonds is 6. The smallest absolute Gasteiger partial charge is 0.351 e. The molecule has 152 valence electrons. The first-order valence-electron chi connectivity index (χ1n) is 9.29. The Morgan fingerprint density at radius 3 is 2.34 bits per heavy atom. The zero-order valence-electron chi connectivity index (χ0n) is 16.9. The zero-order chi connectivity index (χ0) is 21.0. The van der Waals surface area contributed by atoms with Gasteiger partial charge in [0, 0.05) is 21.5 Å². The summed E-state index contributed by atoms with van der Waals surface area (Å²) in [6, 6.07) is 12.7. The molecule has 0 atom stereocenters. The minimum Gasteiger partial charge on any atom is -0.491 e. The van der Waals surface area contributed by atoms with Gasteiger partial charge >= 0.3 is 12.0 Å². The van der Waals surface area contributed by atoms with Gasteiger partial charge in [0.2, 0.25) is 0 Å². The molecule has 2 aromatic carbocycles. The van der Waals surface area contributed by atoms with Crippen molar-refractivity contribution in [2.45, 2.75) is 20.8 Å². The van der Waals surface area contributed by atoms with Crippen LogP contribution in [0.1, 0.15) is 29.1 Å². The number of ether oxygens (including phenoxy) is 2. The maximum absolute atomic E-state index is 12.3. The topological polar surface area (TPSA) is 76.7 Å². The van der Waals surface area contributed by atoms with Crippen LogP contribution < -0.4 is 15.4 Å². The summed E-state index contributed by atoms with van der Waals surface area (Å²) in [5.41, 5.74) is 2.43. The van der Waals surface area contributed by atoms with Crippen LogP contribution in [0.2, 0.25) is 0 Å². The Kier molecular flexibility index (Phi) is 6.39. The Labute approximate surface area is 173 Å². The van der Waals surface area contributed by atoms with Crippen molar-refractivity contribution in [1.29, 1.82) is 0 Å². The second-order valence-corrected chi connectivity index (χ2v) is 8.17. The van der Waals surface area contributed by atoms with Gasteiger partial charge in [0.15, 0.2) is 10.6 Å². The number of hydrogen-bond acceptors (Lipinski definition) is 5. The predicted molar refractivity (Wildman–Crippen MR) is 117 cm³/mol. The lowest BCUT2D eigenvalue weighted by atomic mass is 10.2. The second kappa shape index (κ2) is 8.96. The summed E-state index contributed by atoms with van der Waals surface area (Å²) >= 11 is 1.31. The maximum atomic E-state index is 12.3. The third-order valence-electron chi connectivity index (χ3n) is 4.14. The van der Waals surface area contributed by atoms with Crippen molar-refractivity contribution in [2.75, 3.05) is 24.4 Å². The van der Waals surface area contributed by atoms with Gasteiger partial charge in [0.1, 0.15) is 0 Å². The number of thiophene rings is 1. The largest absolute Gasteiger partial charge is 0.491 e. The zero-order valence-corrected chi connectivity index (χ0v) is 17.7. The van der Waals surface area contributed by atoms with Crippen LogP contribution in [0.25, 0.3) is 10.1 Å². The molecule has 1 heterocycles. The van der Waals surface area contributed by atoms with E-state index < -0.39 is 5.97 Å². The van der Waals surface area contributed by atoms with Crippen molar-refractivity contribution in [3.05, 3.63) is 52.9 Å². The van der Waals surface area contributed by atoms with Crippen LogP contribution in [-0.4, -0.2) is 25.7 Å². The number of amides is 2. The molecule has 0 aliphatic carbocycles. The predicted octanol–water partition coefficient (Wildman–Crippen LogP) is 5.68. The van der Waals surface area contributed by atoms with Gasteiger partial charge in [-0.25, -0.2) is 9.59 Å². The fraction of sp³-hybridized carbons (Fsp3) is 0.273. The van der Waals surface area contributed by atoms with E-state index in [0.29, 0.717) is 34.5 Å². The molecule has 0 saturated heterocycles. The summed E-state index contributed by atoms with van der Waals surface area (Å²) in [5.74, 6) is 0.363. The van der Waals surface area contributed by atoms with Crippen molar-refractivity contribution in [1.82, 2.24) is 0 Å². The van der Waals surface area contributed by atoms with E-state index in [4.69, 9.17) is 9.47 Å². The van der Waals surface area contributed by atoms with Crippen LogP contribution in [0.5, 0.6) is 5.75 Å². The van der Waals surface area contributed by atoms with Gasteiger partial charge in [-0.15, -0.1) is 11.3 Å². The fourth-order valence-electron chi connectivity index (χ4n) is 2.70. The van der Waals surface area contributed by atoms with Gasteiger partial charge < -0.3 is 20.1 Å². The Morgan fingerprint density at radius 1 is 1.03 bits per heavy atom. The molecule has 0 unspecified atom stereocenters. The highest BCUT2D eigenvalue weighted by atomic mass is 32.1. The lowest BCUT2D eigenvalue weighted by Gasteiger charge is -2.11. The summed E-state index contributed by atoms with van der Waals surface area (Å²) in [5, 5.41) is 6.39. The van der Waals surface area contributed by atoms with E-state index in [9.17, 15) is 9.59 Å². The van der Waals surface area contributed by atoms with Gasteiger partial charge in [-0.1, -0.05) is 31.5 Å². The van der Waals surface area contributed by atoms with Crippen LogP contribution in [0.15, 0.2) is 42.5 Å². The molecule has 0 aliphatic rings. The second-order valence-electron chi connectivity index (χ2n) is 7.11. The Hall–Kier alpha value is -3.06. The quantitative estimate of drug-likeness (QED) is 0.511. The van der Waals surface area contributed by atoms with Crippen LogP contribution in [0, 0.1) is 12.8 Å². The number of carbonyl (C=O) groups is 2. The highest BCUT2D eigenvalue weighted by molar-refractivity contribution is 7.21. The van der Waals surface area contributed by atoms with Crippen molar-refractivity contribution in [3.8, 4) is 5.75 Å². The first kappa shape index (κ1) is 20.7. The molecule has 0 aliphatic heterocycles. The van der Waals surface area contributed by atoms with E-state index in [2.05, 4.69) is 10.6 Å². The average molecular weight is 413 g/mol. The number of aryl methyl sites for hydroxylation is 1. The lowest BCUT2D eigenvalue weighted by molar-refractivity contribution is 0.0601. The molecule has 3 aromatic rings. The Balaban J connectivity index is 1.85. The first-order chi connectivity index (χ1) is 13.9. The van der Waals surface area contributed by atoms with Crippen molar-refractivity contribution < 1.29 is 19.1 Å². The van der Waals surface area contributed by atoms with Crippen molar-refractivity contribution in [2.24, 2.45) is 5.92 Å². The van der Waals surface area contributed by atoms with Gasteiger partial charge in [0.05, 0.1) is 13.7 Å². The first-order valence-corrected chi connectivity index (χ1v) is 10.1. The van der Waals surface area contributed by atoms with Crippen LogP contribution in [0.4, 0.5) is 16.2 Å². The van der Waals surface area contributed by atoms with E-state index in [1.807, 2.05) is 57.2 Å². The number of methoxy groups -OCH3 is 1. The molecule has 0 fully saturated rings.